The monoisotopic (exact) mass is 352 g/mol. The highest BCUT2D eigenvalue weighted by molar-refractivity contribution is 5.98. The standard InChI is InChI=1S/C19H20N4O3/c1-13(24)20-14-6-5-7-15(10-14)21-19(26)22-16-11-18(25)23(12-16)17-8-3-2-4-9-17/h2-10,16H,11-12H2,1H3,(H,20,24)(H2,21,22,26). The third-order valence-electron chi connectivity index (χ3n) is 3.97. The number of amides is 4. The topological polar surface area (TPSA) is 90.5 Å². The lowest BCUT2D eigenvalue weighted by molar-refractivity contribution is -0.117. The lowest BCUT2D eigenvalue weighted by Crippen LogP contribution is -2.39. The maximum absolute atomic E-state index is 12.2. The van der Waals surface area contributed by atoms with Crippen LogP contribution in [0.1, 0.15) is 13.3 Å². The van der Waals surface area contributed by atoms with E-state index in [-0.39, 0.29) is 24.3 Å². The van der Waals surface area contributed by atoms with Crippen LogP contribution >= 0.6 is 0 Å². The molecule has 4 amide bonds. The van der Waals surface area contributed by atoms with E-state index in [0.717, 1.165) is 5.69 Å². The number of para-hydroxylation sites is 1. The van der Waals surface area contributed by atoms with E-state index in [4.69, 9.17) is 0 Å². The molecule has 7 nitrogen and oxygen atoms in total. The van der Waals surface area contributed by atoms with Crippen LogP contribution in [0.4, 0.5) is 21.9 Å². The Morgan fingerprint density at radius 2 is 1.69 bits per heavy atom. The molecule has 1 fully saturated rings. The van der Waals surface area contributed by atoms with Crippen molar-refractivity contribution < 1.29 is 14.4 Å². The van der Waals surface area contributed by atoms with Crippen LogP contribution in [0, 0.1) is 0 Å². The van der Waals surface area contributed by atoms with Crippen LogP contribution in [0.3, 0.4) is 0 Å². The minimum atomic E-state index is -0.391. The molecule has 7 heteroatoms. The van der Waals surface area contributed by atoms with E-state index >= 15 is 0 Å². The Balaban J connectivity index is 1.57. The molecule has 1 aliphatic heterocycles. The molecule has 3 N–H and O–H groups in total. The molecule has 26 heavy (non-hydrogen) atoms. The molecule has 134 valence electrons. The van der Waals surface area contributed by atoms with Crippen molar-refractivity contribution in [1.82, 2.24) is 5.32 Å². The number of carbonyl (C=O) groups is 3. The summed E-state index contributed by atoms with van der Waals surface area (Å²) in [6.45, 7) is 1.85. The SMILES string of the molecule is CC(=O)Nc1cccc(NC(=O)NC2CC(=O)N(c3ccccc3)C2)c1. The van der Waals surface area contributed by atoms with Gasteiger partial charge in [0.15, 0.2) is 0 Å². The van der Waals surface area contributed by atoms with Crippen molar-refractivity contribution in [1.29, 1.82) is 0 Å². The molecule has 1 atom stereocenters. The maximum Gasteiger partial charge on any atom is 0.319 e. The summed E-state index contributed by atoms with van der Waals surface area (Å²) in [4.78, 5) is 37.2. The van der Waals surface area contributed by atoms with E-state index in [1.54, 1.807) is 29.2 Å². The van der Waals surface area contributed by atoms with Gasteiger partial charge in [0.25, 0.3) is 0 Å². The molecule has 0 aromatic heterocycles. The molecule has 1 aliphatic rings. The number of benzene rings is 2. The average molecular weight is 352 g/mol. The van der Waals surface area contributed by atoms with E-state index in [1.165, 1.54) is 6.92 Å². The lowest BCUT2D eigenvalue weighted by Gasteiger charge is -2.17. The molecule has 0 radical (unpaired) electrons. The fourth-order valence-corrected chi connectivity index (χ4v) is 2.89. The Kier molecular flexibility index (Phi) is 5.17. The third-order valence-corrected chi connectivity index (χ3v) is 3.97. The smallest absolute Gasteiger partial charge is 0.319 e. The van der Waals surface area contributed by atoms with Crippen LogP contribution in [0.25, 0.3) is 0 Å². The number of nitrogens with one attached hydrogen (secondary N) is 3. The normalized spacial score (nSPS) is 16.3. The summed E-state index contributed by atoms with van der Waals surface area (Å²) in [5.41, 5.74) is 1.98. The van der Waals surface area contributed by atoms with Gasteiger partial charge in [-0.05, 0) is 30.3 Å². The molecule has 2 aromatic carbocycles. The van der Waals surface area contributed by atoms with E-state index in [0.29, 0.717) is 17.9 Å². The van der Waals surface area contributed by atoms with Gasteiger partial charge in [0.1, 0.15) is 0 Å². The predicted molar refractivity (Wildman–Crippen MR) is 100 cm³/mol. The Morgan fingerprint density at radius 3 is 2.38 bits per heavy atom. The fourth-order valence-electron chi connectivity index (χ4n) is 2.89. The van der Waals surface area contributed by atoms with Crippen LogP contribution in [-0.2, 0) is 9.59 Å². The Bertz CT molecular complexity index is 823. The Morgan fingerprint density at radius 1 is 1.00 bits per heavy atom. The van der Waals surface area contributed by atoms with Gasteiger partial charge in [0, 0.05) is 37.0 Å². The first-order valence-corrected chi connectivity index (χ1v) is 8.32. The lowest BCUT2D eigenvalue weighted by atomic mass is 10.2. The summed E-state index contributed by atoms with van der Waals surface area (Å²) in [7, 11) is 0. The molecule has 1 heterocycles. The van der Waals surface area contributed by atoms with Crippen molar-refractivity contribution in [2.45, 2.75) is 19.4 Å². The van der Waals surface area contributed by atoms with Gasteiger partial charge in [0.05, 0.1) is 6.04 Å². The zero-order valence-electron chi connectivity index (χ0n) is 14.4. The minimum absolute atomic E-state index is 0.0193. The predicted octanol–water partition coefficient (Wildman–Crippen LogP) is 2.57. The zero-order valence-corrected chi connectivity index (χ0v) is 14.4. The Labute approximate surface area is 151 Å². The molecule has 3 rings (SSSR count). The molecule has 2 aromatic rings. The molecule has 0 aliphatic carbocycles. The van der Waals surface area contributed by atoms with E-state index < -0.39 is 6.03 Å². The number of urea groups is 1. The fraction of sp³-hybridized carbons (Fsp3) is 0.211. The van der Waals surface area contributed by atoms with E-state index in [9.17, 15) is 14.4 Å². The molecule has 0 spiro atoms. The molecule has 1 saturated heterocycles. The number of anilines is 3. The van der Waals surface area contributed by atoms with Crippen molar-refractivity contribution >= 4 is 34.9 Å². The second-order valence-electron chi connectivity index (χ2n) is 6.10. The van der Waals surface area contributed by atoms with Crippen molar-refractivity contribution in [3.8, 4) is 0 Å². The summed E-state index contributed by atoms with van der Waals surface area (Å²) < 4.78 is 0. The van der Waals surface area contributed by atoms with Crippen LogP contribution in [0.5, 0.6) is 0 Å². The van der Waals surface area contributed by atoms with Crippen LogP contribution < -0.4 is 20.9 Å². The maximum atomic E-state index is 12.2. The first-order valence-electron chi connectivity index (χ1n) is 8.32. The second-order valence-corrected chi connectivity index (χ2v) is 6.10. The van der Waals surface area contributed by atoms with Crippen LogP contribution in [0.2, 0.25) is 0 Å². The average Bonchev–Trinajstić information content (AvgIpc) is 2.95. The van der Waals surface area contributed by atoms with Gasteiger partial charge >= 0.3 is 6.03 Å². The van der Waals surface area contributed by atoms with Gasteiger partial charge in [-0.3, -0.25) is 9.59 Å². The number of rotatable bonds is 4. The van der Waals surface area contributed by atoms with Crippen LogP contribution in [-0.4, -0.2) is 30.4 Å². The zero-order chi connectivity index (χ0) is 18.5. The summed E-state index contributed by atoms with van der Waals surface area (Å²) in [5, 5.41) is 8.20. The summed E-state index contributed by atoms with van der Waals surface area (Å²) >= 11 is 0. The van der Waals surface area contributed by atoms with E-state index in [2.05, 4.69) is 16.0 Å². The molecular formula is C19H20N4O3. The second kappa shape index (κ2) is 7.69. The minimum Gasteiger partial charge on any atom is -0.333 e. The van der Waals surface area contributed by atoms with Gasteiger partial charge in [0.2, 0.25) is 11.8 Å². The molecule has 1 unspecified atom stereocenters. The van der Waals surface area contributed by atoms with Gasteiger partial charge in [-0.1, -0.05) is 24.3 Å². The number of nitrogens with zero attached hydrogens (tertiary/aromatic N) is 1. The number of hydrogen-bond acceptors (Lipinski definition) is 3. The van der Waals surface area contributed by atoms with E-state index in [1.807, 2.05) is 30.3 Å². The highest BCUT2D eigenvalue weighted by Crippen LogP contribution is 2.21. The van der Waals surface area contributed by atoms with Gasteiger partial charge in [-0.25, -0.2) is 4.79 Å². The largest absolute Gasteiger partial charge is 0.333 e. The summed E-state index contributed by atoms with van der Waals surface area (Å²) in [6.07, 6.45) is 0.258. The van der Waals surface area contributed by atoms with Crippen LogP contribution in [0.15, 0.2) is 54.6 Å². The Hall–Kier alpha value is -3.35. The quantitative estimate of drug-likeness (QED) is 0.790. The molecule has 0 saturated carbocycles. The van der Waals surface area contributed by atoms with Gasteiger partial charge in [-0.15, -0.1) is 0 Å². The first-order chi connectivity index (χ1) is 12.5. The van der Waals surface area contributed by atoms with Crippen molar-refractivity contribution in [3.05, 3.63) is 54.6 Å². The van der Waals surface area contributed by atoms with Crippen molar-refractivity contribution in [3.63, 3.8) is 0 Å². The van der Waals surface area contributed by atoms with Gasteiger partial charge < -0.3 is 20.9 Å². The highest BCUT2D eigenvalue weighted by atomic mass is 16.2. The van der Waals surface area contributed by atoms with Crippen molar-refractivity contribution in [2.75, 3.05) is 22.1 Å². The third kappa shape index (κ3) is 4.38. The molecule has 0 bridgehead atoms. The molecular weight excluding hydrogens is 332 g/mol. The summed E-state index contributed by atoms with van der Waals surface area (Å²) in [6, 6.07) is 15.6. The number of carbonyl (C=O) groups excluding carboxylic acids is 3. The van der Waals surface area contributed by atoms with Gasteiger partial charge in [-0.2, -0.15) is 0 Å². The first kappa shape index (κ1) is 17.5. The van der Waals surface area contributed by atoms with Crippen molar-refractivity contribution in [2.24, 2.45) is 0 Å². The number of hydrogen-bond donors (Lipinski definition) is 3. The highest BCUT2D eigenvalue weighted by Gasteiger charge is 2.31. The summed E-state index contributed by atoms with van der Waals surface area (Å²) in [5.74, 6) is -0.203.